The summed E-state index contributed by atoms with van der Waals surface area (Å²) in [5.74, 6) is 0.145. The molecule has 0 radical (unpaired) electrons. The van der Waals surface area contributed by atoms with Crippen LogP contribution in [0.3, 0.4) is 0 Å². The van der Waals surface area contributed by atoms with Gasteiger partial charge in [0.2, 0.25) is 0 Å². The monoisotopic (exact) mass is 349 g/mol. The third kappa shape index (κ3) is 11.1. The molecule has 0 bridgehead atoms. The average Bonchev–Trinajstić information content (AvgIpc) is 2.62. The van der Waals surface area contributed by atoms with Gasteiger partial charge in [0.05, 0.1) is 0 Å². The van der Waals surface area contributed by atoms with E-state index in [-0.39, 0.29) is 11.3 Å². The Morgan fingerprint density at radius 1 is 1.20 bits per heavy atom. The fourth-order valence-electron chi connectivity index (χ4n) is 1.52. The van der Waals surface area contributed by atoms with Gasteiger partial charge < -0.3 is 10.1 Å². The van der Waals surface area contributed by atoms with Crippen LogP contribution >= 0.6 is 0 Å². The summed E-state index contributed by atoms with van der Waals surface area (Å²) in [6.07, 6.45) is 3.18. The van der Waals surface area contributed by atoms with Crippen LogP contribution in [0.15, 0.2) is 60.2 Å². The second-order valence-corrected chi connectivity index (χ2v) is 5.15. The molecule has 0 spiro atoms. The molecular weight excluding hydrogens is 317 g/mol. The number of aldehydes is 1. The number of hydrogen-bond acceptors (Lipinski definition) is 3. The van der Waals surface area contributed by atoms with E-state index in [0.717, 1.165) is 6.08 Å². The van der Waals surface area contributed by atoms with Gasteiger partial charge in [-0.05, 0) is 50.7 Å². The predicted molar refractivity (Wildman–Crippen MR) is 106 cm³/mol. The molecule has 1 aromatic carbocycles. The molecule has 0 saturated heterocycles. The molecule has 0 saturated carbocycles. The number of carbonyl (C=O) groups excluding carboxylic acids is 1. The Hall–Kier alpha value is -2.20. The van der Waals surface area contributed by atoms with Gasteiger partial charge in [0.1, 0.15) is 12.0 Å². The van der Waals surface area contributed by atoms with E-state index < -0.39 is 5.83 Å². The lowest BCUT2D eigenvalue weighted by Crippen LogP contribution is -1.96. The number of benzene rings is 1. The van der Waals surface area contributed by atoms with Crippen molar-refractivity contribution in [3.05, 3.63) is 65.7 Å². The van der Waals surface area contributed by atoms with Gasteiger partial charge >= 0.3 is 0 Å². The van der Waals surface area contributed by atoms with Crippen molar-refractivity contribution in [2.24, 2.45) is 0 Å². The van der Waals surface area contributed by atoms with Crippen molar-refractivity contribution in [1.82, 2.24) is 5.32 Å². The Kier molecular flexibility index (Phi) is 15.4. The van der Waals surface area contributed by atoms with Gasteiger partial charge in [0.25, 0.3) is 0 Å². The third-order valence-electron chi connectivity index (χ3n) is 2.82. The predicted octanol–water partition coefficient (Wildman–Crippen LogP) is 5.56. The molecule has 1 N–H and O–H groups in total. The van der Waals surface area contributed by atoms with Crippen LogP contribution in [0.4, 0.5) is 4.39 Å². The maximum atomic E-state index is 13.8. The Bertz CT molecular complexity index is 558. The van der Waals surface area contributed by atoms with Crippen LogP contribution in [0.1, 0.15) is 46.1 Å². The van der Waals surface area contributed by atoms with Crippen LogP contribution in [-0.4, -0.2) is 20.4 Å². The normalized spacial score (nSPS) is 10.9. The van der Waals surface area contributed by atoms with Crippen molar-refractivity contribution < 1.29 is 13.9 Å². The SMILES string of the molecule is C=C(Oc1ccc(C(C)C)cc1)/C(F)=C\C(C=O)=C/C.CC.CNC. The number of nitrogens with one attached hydrogen (secondary N) is 1. The first-order valence-corrected chi connectivity index (χ1v) is 8.43. The molecule has 1 rings (SSSR count). The molecule has 0 heterocycles. The van der Waals surface area contributed by atoms with E-state index >= 15 is 0 Å². The van der Waals surface area contributed by atoms with Gasteiger partial charge in [-0.1, -0.05) is 52.5 Å². The minimum Gasteiger partial charge on any atom is -0.455 e. The molecule has 4 heteroatoms. The van der Waals surface area contributed by atoms with Crippen molar-refractivity contribution >= 4 is 6.29 Å². The molecule has 0 amide bonds. The Balaban J connectivity index is 0. The topological polar surface area (TPSA) is 38.3 Å². The molecule has 0 aromatic heterocycles. The first-order valence-electron chi connectivity index (χ1n) is 8.43. The second-order valence-electron chi connectivity index (χ2n) is 5.15. The molecule has 25 heavy (non-hydrogen) atoms. The van der Waals surface area contributed by atoms with Crippen LogP contribution in [-0.2, 0) is 4.79 Å². The molecule has 1 aromatic rings. The maximum Gasteiger partial charge on any atom is 0.165 e. The van der Waals surface area contributed by atoms with Crippen LogP contribution in [0.25, 0.3) is 0 Å². The molecule has 0 fully saturated rings. The molecule has 140 valence electrons. The number of hydrogen-bond donors (Lipinski definition) is 1. The Labute approximate surface area is 152 Å². The fourth-order valence-corrected chi connectivity index (χ4v) is 1.52. The van der Waals surface area contributed by atoms with Gasteiger partial charge in [-0.3, -0.25) is 4.79 Å². The van der Waals surface area contributed by atoms with Gasteiger partial charge in [0, 0.05) is 5.57 Å². The van der Waals surface area contributed by atoms with Gasteiger partial charge in [0.15, 0.2) is 11.6 Å². The molecule has 0 aliphatic carbocycles. The van der Waals surface area contributed by atoms with Gasteiger partial charge in [-0.15, -0.1) is 0 Å². The van der Waals surface area contributed by atoms with E-state index in [0.29, 0.717) is 18.0 Å². The zero-order valence-corrected chi connectivity index (χ0v) is 16.5. The lowest BCUT2D eigenvalue weighted by atomic mass is 10.0. The molecule has 0 atom stereocenters. The van der Waals surface area contributed by atoms with Crippen molar-refractivity contribution in [2.45, 2.75) is 40.5 Å². The highest BCUT2D eigenvalue weighted by Gasteiger charge is 2.06. The summed E-state index contributed by atoms with van der Waals surface area (Å²) in [6, 6.07) is 7.39. The zero-order chi connectivity index (χ0) is 19.8. The average molecular weight is 349 g/mol. The standard InChI is InChI=1S/C17H19FO2.C2H7N.C2H6/c1-5-14(11-19)10-17(18)13(4)20-16-8-6-15(7-9-16)12(2)3;1-3-2;1-2/h5-12H,4H2,1-3H3;3H,1-2H3;1-2H3/b14-5+,17-10+;;. The first-order chi connectivity index (χ1) is 11.9. The molecular formula is C21H32FNO2. The number of allylic oxidation sites excluding steroid dienone is 4. The lowest BCUT2D eigenvalue weighted by Gasteiger charge is -2.09. The molecule has 0 unspecified atom stereocenters. The maximum absolute atomic E-state index is 13.8. The summed E-state index contributed by atoms with van der Waals surface area (Å²) >= 11 is 0. The highest BCUT2D eigenvalue weighted by atomic mass is 19.1. The Morgan fingerprint density at radius 3 is 2.04 bits per heavy atom. The summed E-state index contributed by atoms with van der Waals surface area (Å²) in [4.78, 5) is 10.6. The minimum absolute atomic E-state index is 0.122. The summed E-state index contributed by atoms with van der Waals surface area (Å²) in [5.41, 5.74) is 1.42. The Morgan fingerprint density at radius 2 is 1.68 bits per heavy atom. The summed E-state index contributed by atoms with van der Waals surface area (Å²) in [7, 11) is 3.75. The molecule has 0 aliphatic heterocycles. The van der Waals surface area contributed by atoms with Crippen molar-refractivity contribution in [3.63, 3.8) is 0 Å². The van der Waals surface area contributed by atoms with E-state index in [1.807, 2.05) is 40.1 Å². The van der Waals surface area contributed by atoms with E-state index in [9.17, 15) is 9.18 Å². The summed E-state index contributed by atoms with van der Waals surface area (Å²) in [5, 5.41) is 2.75. The number of ether oxygens (including phenoxy) is 1. The van der Waals surface area contributed by atoms with Crippen molar-refractivity contribution in [1.29, 1.82) is 0 Å². The minimum atomic E-state index is -0.668. The summed E-state index contributed by atoms with van der Waals surface area (Å²) < 4.78 is 19.1. The quantitative estimate of drug-likeness (QED) is 0.316. The number of carbonyl (C=O) groups is 1. The zero-order valence-electron chi connectivity index (χ0n) is 16.5. The summed E-state index contributed by atoms with van der Waals surface area (Å²) in [6.45, 7) is 13.4. The highest BCUT2D eigenvalue weighted by Crippen LogP contribution is 2.22. The number of halogens is 1. The van der Waals surface area contributed by atoms with E-state index in [4.69, 9.17) is 4.74 Å². The van der Waals surface area contributed by atoms with Crippen LogP contribution in [0.5, 0.6) is 5.75 Å². The lowest BCUT2D eigenvalue weighted by molar-refractivity contribution is -0.104. The van der Waals surface area contributed by atoms with E-state index in [1.54, 1.807) is 19.1 Å². The van der Waals surface area contributed by atoms with Gasteiger partial charge in [-0.2, -0.15) is 0 Å². The largest absolute Gasteiger partial charge is 0.455 e. The first kappa shape index (κ1) is 25.0. The van der Waals surface area contributed by atoms with Crippen molar-refractivity contribution in [3.8, 4) is 5.75 Å². The van der Waals surface area contributed by atoms with Crippen molar-refractivity contribution in [2.75, 3.05) is 14.1 Å². The smallest absolute Gasteiger partial charge is 0.165 e. The van der Waals surface area contributed by atoms with Gasteiger partial charge in [-0.25, -0.2) is 4.39 Å². The second kappa shape index (κ2) is 15.3. The van der Waals surface area contributed by atoms with E-state index in [1.165, 1.54) is 11.6 Å². The molecule has 0 aliphatic rings. The highest BCUT2D eigenvalue weighted by molar-refractivity contribution is 5.77. The van der Waals surface area contributed by atoms with Crippen LogP contribution < -0.4 is 10.1 Å². The number of rotatable bonds is 6. The van der Waals surface area contributed by atoms with Crippen LogP contribution in [0, 0.1) is 0 Å². The third-order valence-corrected chi connectivity index (χ3v) is 2.82. The fraction of sp³-hybridized carbons (Fsp3) is 0.381. The van der Waals surface area contributed by atoms with E-state index in [2.05, 4.69) is 25.7 Å². The van der Waals surface area contributed by atoms with Crippen LogP contribution in [0.2, 0.25) is 0 Å². The molecule has 3 nitrogen and oxygen atoms in total.